The van der Waals surface area contributed by atoms with Gasteiger partial charge in [0.05, 0.1) is 37.3 Å². The van der Waals surface area contributed by atoms with Crippen molar-refractivity contribution in [1.29, 1.82) is 0 Å². The van der Waals surface area contributed by atoms with Gasteiger partial charge in [-0.2, -0.15) is 19.6 Å². The van der Waals surface area contributed by atoms with E-state index in [0.717, 1.165) is 17.0 Å². The topological polar surface area (TPSA) is 109 Å². The fourth-order valence-electron chi connectivity index (χ4n) is 3.91. The number of halogens is 2. The molecule has 0 saturated carbocycles. The lowest BCUT2D eigenvalue weighted by molar-refractivity contribution is 0.213. The van der Waals surface area contributed by atoms with Gasteiger partial charge in [-0.05, 0) is 19.4 Å². The fraction of sp³-hybridized carbons (Fsp3) is 0.400. The number of rotatable bonds is 6. The first kappa shape index (κ1) is 21.3. The molecule has 3 aromatic rings. The first-order chi connectivity index (χ1) is 14.9. The number of aromatic nitrogens is 5. The van der Waals surface area contributed by atoms with E-state index in [2.05, 4.69) is 20.3 Å². The SMILES string of the molecule is Cc1nn(CCO)c(C)c1-c1cc(F)nc(O[C@@H]2CCN(c3cn[nH]c(=O)c3Cl)C2)c1. The lowest BCUT2D eigenvalue weighted by Crippen LogP contribution is -2.26. The summed E-state index contributed by atoms with van der Waals surface area (Å²) < 4.78 is 22.0. The summed E-state index contributed by atoms with van der Waals surface area (Å²) >= 11 is 6.09. The van der Waals surface area contributed by atoms with Gasteiger partial charge >= 0.3 is 0 Å². The molecule has 164 valence electrons. The highest BCUT2D eigenvalue weighted by molar-refractivity contribution is 6.33. The number of nitrogens with zero attached hydrogens (tertiary/aromatic N) is 5. The molecule has 0 aromatic carbocycles. The van der Waals surface area contributed by atoms with Gasteiger partial charge in [-0.15, -0.1) is 0 Å². The number of hydrogen-bond acceptors (Lipinski definition) is 7. The van der Waals surface area contributed by atoms with Gasteiger partial charge in [0.2, 0.25) is 11.8 Å². The van der Waals surface area contributed by atoms with E-state index in [0.29, 0.717) is 37.3 Å². The molecule has 0 unspecified atom stereocenters. The summed E-state index contributed by atoms with van der Waals surface area (Å²) in [7, 11) is 0. The number of aromatic amines is 1. The zero-order valence-electron chi connectivity index (χ0n) is 17.1. The average molecular weight is 449 g/mol. The quantitative estimate of drug-likeness (QED) is 0.555. The molecule has 0 radical (unpaired) electrons. The van der Waals surface area contributed by atoms with Crippen molar-refractivity contribution in [3.05, 3.63) is 51.0 Å². The van der Waals surface area contributed by atoms with Crippen molar-refractivity contribution >= 4 is 17.3 Å². The van der Waals surface area contributed by atoms with Crippen molar-refractivity contribution in [2.75, 3.05) is 24.6 Å². The molecule has 1 aliphatic heterocycles. The van der Waals surface area contributed by atoms with Crippen molar-refractivity contribution in [2.24, 2.45) is 0 Å². The monoisotopic (exact) mass is 448 g/mol. The Morgan fingerprint density at radius 1 is 1.39 bits per heavy atom. The molecule has 11 heteroatoms. The van der Waals surface area contributed by atoms with Crippen LogP contribution >= 0.6 is 11.6 Å². The zero-order chi connectivity index (χ0) is 22.1. The maximum atomic E-state index is 14.3. The molecule has 1 saturated heterocycles. The van der Waals surface area contributed by atoms with Crippen LogP contribution in [0.4, 0.5) is 10.1 Å². The lowest BCUT2D eigenvalue weighted by Gasteiger charge is -2.19. The van der Waals surface area contributed by atoms with E-state index in [1.54, 1.807) is 10.7 Å². The van der Waals surface area contributed by atoms with Gasteiger partial charge < -0.3 is 14.7 Å². The molecule has 1 aliphatic rings. The summed E-state index contributed by atoms with van der Waals surface area (Å²) in [6, 6.07) is 3.03. The molecule has 0 aliphatic carbocycles. The van der Waals surface area contributed by atoms with E-state index in [1.807, 2.05) is 18.7 Å². The van der Waals surface area contributed by atoms with Crippen LogP contribution in [0.15, 0.2) is 23.1 Å². The van der Waals surface area contributed by atoms with E-state index in [9.17, 15) is 14.3 Å². The summed E-state index contributed by atoms with van der Waals surface area (Å²) in [5, 5.41) is 19.8. The fourth-order valence-corrected chi connectivity index (χ4v) is 4.12. The molecule has 3 aromatic heterocycles. The zero-order valence-corrected chi connectivity index (χ0v) is 17.9. The second kappa shape index (κ2) is 8.64. The summed E-state index contributed by atoms with van der Waals surface area (Å²) in [4.78, 5) is 17.5. The van der Waals surface area contributed by atoms with Crippen LogP contribution in [-0.4, -0.2) is 55.9 Å². The van der Waals surface area contributed by atoms with Crippen molar-refractivity contribution in [2.45, 2.75) is 32.9 Å². The standard InChI is InChI=1S/C20H22ClFN6O3/c1-11-18(12(2)28(26-11)5-6-29)13-7-16(22)24-17(8-13)31-14-3-4-27(10-14)15-9-23-25-20(30)19(15)21/h7-9,14,29H,3-6,10H2,1-2H3,(H,25,30)/t14-/m1/s1. The molecular formula is C20H22ClFN6O3. The number of anilines is 1. The largest absolute Gasteiger partial charge is 0.472 e. The Hall–Kier alpha value is -2.98. The molecule has 31 heavy (non-hydrogen) atoms. The van der Waals surface area contributed by atoms with Crippen LogP contribution in [0.3, 0.4) is 0 Å². The number of ether oxygens (including phenoxy) is 1. The first-order valence-corrected chi connectivity index (χ1v) is 10.2. The van der Waals surface area contributed by atoms with Crippen LogP contribution in [0.1, 0.15) is 17.8 Å². The second-order valence-electron chi connectivity index (χ2n) is 7.38. The van der Waals surface area contributed by atoms with E-state index in [-0.39, 0.29) is 23.6 Å². The maximum absolute atomic E-state index is 14.3. The Morgan fingerprint density at radius 2 is 2.19 bits per heavy atom. The molecule has 9 nitrogen and oxygen atoms in total. The number of pyridine rings is 1. The molecule has 2 N–H and O–H groups in total. The minimum absolute atomic E-state index is 0.0362. The van der Waals surface area contributed by atoms with E-state index in [1.165, 1.54) is 12.3 Å². The van der Waals surface area contributed by atoms with Gasteiger partial charge in [-0.3, -0.25) is 9.48 Å². The third kappa shape index (κ3) is 4.26. The van der Waals surface area contributed by atoms with Gasteiger partial charge in [-0.1, -0.05) is 11.6 Å². The Labute approximate surface area is 182 Å². The Morgan fingerprint density at radius 3 is 2.97 bits per heavy atom. The minimum atomic E-state index is -0.655. The van der Waals surface area contributed by atoms with Gasteiger partial charge in [-0.25, -0.2) is 5.10 Å². The summed E-state index contributed by atoms with van der Waals surface area (Å²) in [5.74, 6) is -0.483. The molecule has 4 rings (SSSR count). The molecular weight excluding hydrogens is 427 g/mol. The summed E-state index contributed by atoms with van der Waals surface area (Å²) in [6.45, 7) is 5.11. The molecule has 4 heterocycles. The van der Waals surface area contributed by atoms with Crippen molar-refractivity contribution in [1.82, 2.24) is 25.0 Å². The van der Waals surface area contributed by atoms with Crippen molar-refractivity contribution in [3.63, 3.8) is 0 Å². The molecule has 1 atom stereocenters. The Bertz CT molecular complexity index is 1160. The normalized spacial score (nSPS) is 16.2. The van der Waals surface area contributed by atoms with Crippen LogP contribution in [0.5, 0.6) is 5.88 Å². The molecule has 0 spiro atoms. The molecule has 0 bridgehead atoms. The highest BCUT2D eigenvalue weighted by Crippen LogP contribution is 2.31. The van der Waals surface area contributed by atoms with E-state index >= 15 is 0 Å². The lowest BCUT2D eigenvalue weighted by atomic mass is 10.1. The number of aryl methyl sites for hydroxylation is 1. The third-order valence-corrected chi connectivity index (χ3v) is 5.67. The van der Waals surface area contributed by atoms with Crippen molar-refractivity contribution < 1.29 is 14.2 Å². The number of nitrogens with one attached hydrogen (secondary N) is 1. The molecule has 0 amide bonds. The van der Waals surface area contributed by atoms with Crippen LogP contribution in [-0.2, 0) is 6.54 Å². The van der Waals surface area contributed by atoms with Crippen LogP contribution in [0.25, 0.3) is 11.1 Å². The van der Waals surface area contributed by atoms with E-state index < -0.39 is 11.5 Å². The summed E-state index contributed by atoms with van der Waals surface area (Å²) in [6.07, 6.45) is 1.90. The maximum Gasteiger partial charge on any atom is 0.285 e. The highest BCUT2D eigenvalue weighted by Gasteiger charge is 2.27. The van der Waals surface area contributed by atoms with Crippen LogP contribution in [0, 0.1) is 19.8 Å². The molecule has 1 fully saturated rings. The minimum Gasteiger partial charge on any atom is -0.472 e. The highest BCUT2D eigenvalue weighted by atomic mass is 35.5. The second-order valence-corrected chi connectivity index (χ2v) is 7.76. The summed E-state index contributed by atoms with van der Waals surface area (Å²) in [5.41, 5.74) is 3.03. The van der Waals surface area contributed by atoms with Crippen LogP contribution in [0.2, 0.25) is 5.02 Å². The van der Waals surface area contributed by atoms with Crippen molar-refractivity contribution in [3.8, 4) is 17.0 Å². The smallest absolute Gasteiger partial charge is 0.285 e. The van der Waals surface area contributed by atoms with Gasteiger partial charge in [0, 0.05) is 36.4 Å². The van der Waals surface area contributed by atoms with Gasteiger partial charge in [0.25, 0.3) is 5.56 Å². The number of aliphatic hydroxyl groups is 1. The van der Waals surface area contributed by atoms with Crippen LogP contribution < -0.4 is 15.2 Å². The Balaban J connectivity index is 1.55. The van der Waals surface area contributed by atoms with Gasteiger partial charge in [0.15, 0.2) is 0 Å². The predicted molar refractivity (Wildman–Crippen MR) is 113 cm³/mol. The third-order valence-electron chi connectivity index (χ3n) is 5.30. The first-order valence-electron chi connectivity index (χ1n) is 9.85. The number of aliphatic hydroxyl groups excluding tert-OH is 1. The average Bonchev–Trinajstić information content (AvgIpc) is 3.28. The number of hydrogen-bond donors (Lipinski definition) is 2. The predicted octanol–water partition coefficient (Wildman–Crippen LogP) is 2.09. The number of H-pyrrole nitrogens is 1. The van der Waals surface area contributed by atoms with E-state index in [4.69, 9.17) is 16.3 Å². The van der Waals surface area contributed by atoms with Gasteiger partial charge in [0.1, 0.15) is 11.1 Å². The Kier molecular flexibility index (Phi) is 5.92.